The SMILES string of the molecule is COc1nc(F)c(F)c(C)c1F. The van der Waals surface area contributed by atoms with E-state index in [9.17, 15) is 13.2 Å². The minimum Gasteiger partial charge on any atom is -0.479 e. The number of halogens is 3. The second-order valence-electron chi connectivity index (χ2n) is 2.16. The number of pyridine rings is 1. The molecule has 0 fully saturated rings. The van der Waals surface area contributed by atoms with Crippen molar-refractivity contribution < 1.29 is 17.9 Å². The van der Waals surface area contributed by atoms with Gasteiger partial charge in [0.1, 0.15) is 0 Å². The van der Waals surface area contributed by atoms with Gasteiger partial charge in [-0.15, -0.1) is 0 Å². The van der Waals surface area contributed by atoms with Crippen LogP contribution in [0.5, 0.6) is 5.88 Å². The third-order valence-corrected chi connectivity index (χ3v) is 1.42. The number of rotatable bonds is 1. The molecule has 0 aliphatic carbocycles. The predicted molar refractivity (Wildman–Crippen MR) is 35.4 cm³/mol. The molecule has 0 atom stereocenters. The Balaban J connectivity index is 3.39. The van der Waals surface area contributed by atoms with Crippen molar-refractivity contribution in [3.63, 3.8) is 0 Å². The van der Waals surface area contributed by atoms with E-state index in [1.807, 2.05) is 0 Å². The molecule has 5 heteroatoms. The van der Waals surface area contributed by atoms with Gasteiger partial charge in [0.25, 0.3) is 11.8 Å². The van der Waals surface area contributed by atoms with Gasteiger partial charge in [-0.2, -0.15) is 9.37 Å². The lowest BCUT2D eigenvalue weighted by molar-refractivity contribution is 0.345. The standard InChI is InChI=1S/C7H6F3NO/c1-3-4(8)6(10)11-7(12-2)5(3)9/h1-2H3. The highest BCUT2D eigenvalue weighted by molar-refractivity contribution is 5.24. The maximum absolute atomic E-state index is 12.8. The Hall–Kier alpha value is -1.26. The fourth-order valence-corrected chi connectivity index (χ4v) is 0.734. The first-order chi connectivity index (χ1) is 5.57. The zero-order valence-corrected chi connectivity index (χ0v) is 6.49. The van der Waals surface area contributed by atoms with Crippen molar-refractivity contribution in [2.45, 2.75) is 6.92 Å². The van der Waals surface area contributed by atoms with Gasteiger partial charge in [0.05, 0.1) is 7.11 Å². The molecule has 1 aromatic rings. The second kappa shape index (κ2) is 3.00. The summed E-state index contributed by atoms with van der Waals surface area (Å²) in [5.74, 6) is -4.15. The molecular weight excluding hydrogens is 171 g/mol. The van der Waals surface area contributed by atoms with E-state index < -0.39 is 29.0 Å². The lowest BCUT2D eigenvalue weighted by atomic mass is 10.2. The van der Waals surface area contributed by atoms with Crippen LogP contribution in [0.15, 0.2) is 0 Å². The van der Waals surface area contributed by atoms with Crippen molar-refractivity contribution in [3.8, 4) is 5.88 Å². The van der Waals surface area contributed by atoms with Crippen molar-refractivity contribution in [1.29, 1.82) is 0 Å². The van der Waals surface area contributed by atoms with Crippen LogP contribution in [-0.4, -0.2) is 12.1 Å². The average molecular weight is 177 g/mol. The van der Waals surface area contributed by atoms with Crippen molar-refractivity contribution >= 4 is 0 Å². The maximum Gasteiger partial charge on any atom is 0.253 e. The topological polar surface area (TPSA) is 22.1 Å². The number of nitrogens with zero attached hydrogens (tertiary/aromatic N) is 1. The summed E-state index contributed by atoms with van der Waals surface area (Å²) in [6, 6.07) is 0. The molecule has 0 aliphatic rings. The highest BCUT2D eigenvalue weighted by atomic mass is 19.2. The maximum atomic E-state index is 12.8. The zero-order chi connectivity index (χ0) is 9.30. The van der Waals surface area contributed by atoms with Gasteiger partial charge in [-0.1, -0.05) is 0 Å². The van der Waals surface area contributed by atoms with E-state index in [1.54, 1.807) is 0 Å². The van der Waals surface area contributed by atoms with Crippen LogP contribution in [-0.2, 0) is 0 Å². The van der Waals surface area contributed by atoms with E-state index >= 15 is 0 Å². The summed E-state index contributed by atoms with van der Waals surface area (Å²) in [4.78, 5) is 2.91. The molecular formula is C7H6F3NO. The summed E-state index contributed by atoms with van der Waals surface area (Å²) in [5, 5.41) is 0. The molecule has 2 nitrogen and oxygen atoms in total. The van der Waals surface area contributed by atoms with Gasteiger partial charge in [-0.3, -0.25) is 0 Å². The minimum atomic E-state index is -1.36. The minimum absolute atomic E-state index is 0.431. The predicted octanol–water partition coefficient (Wildman–Crippen LogP) is 1.82. The van der Waals surface area contributed by atoms with Crippen LogP contribution >= 0.6 is 0 Å². The molecule has 0 saturated carbocycles. The summed E-state index contributed by atoms with van der Waals surface area (Å²) in [7, 11) is 1.13. The summed E-state index contributed by atoms with van der Waals surface area (Å²) in [6.45, 7) is 1.11. The Kier molecular flexibility index (Phi) is 2.21. The van der Waals surface area contributed by atoms with Gasteiger partial charge in [-0.05, 0) is 6.92 Å². The van der Waals surface area contributed by atoms with Gasteiger partial charge in [0, 0.05) is 5.56 Å². The highest BCUT2D eigenvalue weighted by Gasteiger charge is 2.17. The van der Waals surface area contributed by atoms with E-state index in [2.05, 4.69) is 9.72 Å². The number of ether oxygens (including phenoxy) is 1. The van der Waals surface area contributed by atoms with E-state index in [-0.39, 0.29) is 0 Å². The number of methoxy groups -OCH3 is 1. The normalized spacial score (nSPS) is 10.1. The van der Waals surface area contributed by atoms with Crippen LogP contribution in [0.4, 0.5) is 13.2 Å². The monoisotopic (exact) mass is 177 g/mol. The van der Waals surface area contributed by atoms with Crippen LogP contribution in [0.3, 0.4) is 0 Å². The van der Waals surface area contributed by atoms with E-state index in [1.165, 1.54) is 0 Å². The summed E-state index contributed by atoms with van der Waals surface area (Å²) in [6.07, 6.45) is 0. The first-order valence-electron chi connectivity index (χ1n) is 3.13. The van der Waals surface area contributed by atoms with Crippen LogP contribution in [0.1, 0.15) is 5.56 Å². The molecule has 0 aliphatic heterocycles. The van der Waals surface area contributed by atoms with E-state index in [0.29, 0.717) is 0 Å². The van der Waals surface area contributed by atoms with Crippen molar-refractivity contribution in [2.24, 2.45) is 0 Å². The van der Waals surface area contributed by atoms with Crippen molar-refractivity contribution in [1.82, 2.24) is 4.98 Å². The van der Waals surface area contributed by atoms with E-state index in [4.69, 9.17) is 0 Å². The Labute approximate surface area is 67.0 Å². The van der Waals surface area contributed by atoms with Gasteiger partial charge in [0.2, 0.25) is 0 Å². The summed E-state index contributed by atoms with van der Waals surface area (Å²) < 4.78 is 42.3. The fraction of sp³-hybridized carbons (Fsp3) is 0.286. The second-order valence-corrected chi connectivity index (χ2v) is 2.16. The first kappa shape index (κ1) is 8.83. The van der Waals surface area contributed by atoms with Crippen molar-refractivity contribution in [3.05, 3.63) is 23.1 Å². The molecule has 0 bridgehead atoms. The van der Waals surface area contributed by atoms with Crippen LogP contribution in [0, 0.1) is 24.5 Å². The smallest absolute Gasteiger partial charge is 0.253 e. The Morgan fingerprint density at radius 1 is 1.17 bits per heavy atom. The van der Waals surface area contributed by atoms with Gasteiger partial charge in [-0.25, -0.2) is 8.78 Å². The molecule has 1 rings (SSSR count). The van der Waals surface area contributed by atoms with Gasteiger partial charge in [0.15, 0.2) is 11.6 Å². The molecule has 66 valence electrons. The molecule has 0 spiro atoms. The largest absolute Gasteiger partial charge is 0.479 e. The average Bonchev–Trinajstić information content (AvgIpc) is 2.08. The fourth-order valence-electron chi connectivity index (χ4n) is 0.734. The third kappa shape index (κ3) is 1.22. The van der Waals surface area contributed by atoms with Crippen molar-refractivity contribution in [2.75, 3.05) is 7.11 Å². The first-order valence-corrected chi connectivity index (χ1v) is 3.13. The Bertz CT molecular complexity index is 314. The quantitative estimate of drug-likeness (QED) is 0.610. The highest BCUT2D eigenvalue weighted by Crippen LogP contribution is 2.20. The van der Waals surface area contributed by atoms with E-state index in [0.717, 1.165) is 14.0 Å². The summed E-state index contributed by atoms with van der Waals surface area (Å²) >= 11 is 0. The van der Waals surface area contributed by atoms with Crippen LogP contribution in [0.25, 0.3) is 0 Å². The molecule has 1 heterocycles. The zero-order valence-electron chi connectivity index (χ0n) is 6.49. The molecule has 0 amide bonds. The number of hydrogen-bond acceptors (Lipinski definition) is 2. The lowest BCUT2D eigenvalue weighted by Crippen LogP contribution is -2.02. The third-order valence-electron chi connectivity index (χ3n) is 1.42. The number of aromatic nitrogens is 1. The molecule has 1 aromatic heterocycles. The summed E-state index contributed by atoms with van der Waals surface area (Å²) in [5.41, 5.74) is -0.431. The Morgan fingerprint density at radius 3 is 2.25 bits per heavy atom. The van der Waals surface area contributed by atoms with Crippen LogP contribution in [0.2, 0.25) is 0 Å². The molecule has 0 aromatic carbocycles. The van der Waals surface area contributed by atoms with Gasteiger partial charge < -0.3 is 4.74 Å². The molecule has 0 N–H and O–H groups in total. The molecule has 12 heavy (non-hydrogen) atoms. The van der Waals surface area contributed by atoms with Crippen LogP contribution < -0.4 is 4.74 Å². The molecule has 0 radical (unpaired) electrons. The van der Waals surface area contributed by atoms with Gasteiger partial charge >= 0.3 is 0 Å². The molecule has 0 unspecified atom stereocenters. The lowest BCUT2D eigenvalue weighted by Gasteiger charge is -2.03. The Morgan fingerprint density at radius 2 is 1.75 bits per heavy atom. The number of hydrogen-bond donors (Lipinski definition) is 0. The molecule has 0 saturated heterocycles.